The summed E-state index contributed by atoms with van der Waals surface area (Å²) in [7, 11) is 0. The molecule has 3 nitrogen and oxygen atoms in total. The van der Waals surface area contributed by atoms with Crippen molar-refractivity contribution in [3.8, 4) is 11.1 Å². The summed E-state index contributed by atoms with van der Waals surface area (Å²) in [5, 5.41) is 1.57. The Morgan fingerprint density at radius 2 is 2.11 bits per heavy atom. The first-order valence-electron chi connectivity index (χ1n) is 5.89. The normalized spacial score (nSPS) is 10.8. The van der Waals surface area contributed by atoms with Gasteiger partial charge in [-0.05, 0) is 31.2 Å². The number of nitrogens with one attached hydrogen (secondary N) is 1. The molecule has 0 unspecified atom stereocenters. The number of hydrogen-bond donors (Lipinski definition) is 1. The SMILES string of the molecule is Cc1c(-c2cccnc2)c2cc(Cl)ccc2[nH]c1=O. The van der Waals surface area contributed by atoms with Crippen LogP contribution in [-0.2, 0) is 0 Å². The van der Waals surface area contributed by atoms with E-state index in [-0.39, 0.29) is 5.56 Å². The first-order chi connectivity index (χ1) is 9.16. The van der Waals surface area contributed by atoms with Crippen LogP contribution in [0.15, 0.2) is 47.5 Å². The van der Waals surface area contributed by atoms with Crippen molar-refractivity contribution in [2.24, 2.45) is 0 Å². The minimum absolute atomic E-state index is 0.0892. The van der Waals surface area contributed by atoms with Crippen LogP contribution >= 0.6 is 11.6 Å². The van der Waals surface area contributed by atoms with E-state index in [9.17, 15) is 4.79 Å². The quantitative estimate of drug-likeness (QED) is 0.735. The van der Waals surface area contributed by atoms with Gasteiger partial charge in [-0.2, -0.15) is 0 Å². The van der Waals surface area contributed by atoms with E-state index in [1.165, 1.54) is 0 Å². The molecule has 0 aliphatic rings. The van der Waals surface area contributed by atoms with Crippen molar-refractivity contribution >= 4 is 22.5 Å². The van der Waals surface area contributed by atoms with E-state index >= 15 is 0 Å². The molecule has 2 aromatic heterocycles. The summed E-state index contributed by atoms with van der Waals surface area (Å²) in [5.41, 5.74) is 3.16. The number of aromatic amines is 1. The summed E-state index contributed by atoms with van der Waals surface area (Å²) in [6.07, 6.45) is 3.46. The van der Waals surface area contributed by atoms with Gasteiger partial charge >= 0.3 is 0 Å². The number of pyridine rings is 2. The van der Waals surface area contributed by atoms with Gasteiger partial charge in [0.05, 0.1) is 0 Å². The Bertz CT molecular complexity index is 809. The largest absolute Gasteiger partial charge is 0.322 e. The molecule has 0 aliphatic carbocycles. The highest BCUT2D eigenvalue weighted by atomic mass is 35.5. The van der Waals surface area contributed by atoms with Gasteiger partial charge in [0.1, 0.15) is 0 Å². The molecular weight excluding hydrogens is 260 g/mol. The molecule has 0 bridgehead atoms. The summed E-state index contributed by atoms with van der Waals surface area (Å²) in [4.78, 5) is 19.0. The van der Waals surface area contributed by atoms with E-state index in [0.717, 1.165) is 22.0 Å². The fourth-order valence-corrected chi connectivity index (χ4v) is 2.42. The molecule has 19 heavy (non-hydrogen) atoms. The number of rotatable bonds is 1. The molecule has 0 saturated carbocycles. The Hall–Kier alpha value is -2.13. The number of halogens is 1. The van der Waals surface area contributed by atoms with E-state index in [1.54, 1.807) is 18.5 Å². The number of hydrogen-bond acceptors (Lipinski definition) is 2. The molecule has 1 N–H and O–H groups in total. The summed E-state index contributed by atoms with van der Waals surface area (Å²) in [5.74, 6) is 0. The lowest BCUT2D eigenvalue weighted by Gasteiger charge is -2.10. The summed E-state index contributed by atoms with van der Waals surface area (Å²) < 4.78 is 0. The van der Waals surface area contributed by atoms with Crippen molar-refractivity contribution in [2.75, 3.05) is 0 Å². The van der Waals surface area contributed by atoms with Crippen LogP contribution in [0.2, 0.25) is 5.02 Å². The number of H-pyrrole nitrogens is 1. The Morgan fingerprint density at radius 3 is 2.84 bits per heavy atom. The van der Waals surface area contributed by atoms with Crippen LogP contribution in [-0.4, -0.2) is 9.97 Å². The second-order valence-corrected chi connectivity index (χ2v) is 4.82. The zero-order valence-corrected chi connectivity index (χ0v) is 11.0. The molecule has 0 spiro atoms. The highest BCUT2D eigenvalue weighted by Crippen LogP contribution is 2.30. The van der Waals surface area contributed by atoms with Crippen molar-refractivity contribution < 1.29 is 0 Å². The standard InChI is InChI=1S/C15H11ClN2O/c1-9-14(10-3-2-6-17-8-10)12-7-11(16)4-5-13(12)18-15(9)19/h2-8H,1H3,(H,18,19). The monoisotopic (exact) mass is 270 g/mol. The third-order valence-electron chi connectivity index (χ3n) is 3.16. The lowest BCUT2D eigenvalue weighted by Crippen LogP contribution is -2.11. The van der Waals surface area contributed by atoms with Crippen LogP contribution in [0.1, 0.15) is 5.56 Å². The van der Waals surface area contributed by atoms with Crippen molar-refractivity contribution in [1.29, 1.82) is 0 Å². The second-order valence-electron chi connectivity index (χ2n) is 4.39. The van der Waals surface area contributed by atoms with Crippen molar-refractivity contribution in [3.05, 3.63) is 63.7 Å². The molecule has 4 heteroatoms. The van der Waals surface area contributed by atoms with Gasteiger partial charge in [-0.3, -0.25) is 9.78 Å². The maximum Gasteiger partial charge on any atom is 0.251 e. The molecule has 0 aliphatic heterocycles. The Labute approximate surface area is 114 Å². The fraction of sp³-hybridized carbons (Fsp3) is 0.0667. The number of fused-ring (bicyclic) bond motifs is 1. The van der Waals surface area contributed by atoms with Crippen LogP contribution in [0.4, 0.5) is 0 Å². The third kappa shape index (κ3) is 2.02. The van der Waals surface area contributed by atoms with Crippen LogP contribution in [0.3, 0.4) is 0 Å². The van der Waals surface area contributed by atoms with Gasteiger partial charge < -0.3 is 4.98 Å². The minimum Gasteiger partial charge on any atom is -0.322 e. The van der Waals surface area contributed by atoms with Crippen molar-refractivity contribution in [2.45, 2.75) is 6.92 Å². The molecule has 2 heterocycles. The van der Waals surface area contributed by atoms with Gasteiger partial charge in [-0.25, -0.2) is 0 Å². The van der Waals surface area contributed by atoms with Crippen LogP contribution in [0, 0.1) is 6.92 Å². The number of aromatic nitrogens is 2. The maximum atomic E-state index is 12.0. The topological polar surface area (TPSA) is 45.8 Å². The van der Waals surface area contributed by atoms with Crippen molar-refractivity contribution in [3.63, 3.8) is 0 Å². The number of nitrogens with zero attached hydrogens (tertiary/aromatic N) is 1. The van der Waals surface area contributed by atoms with Gasteiger partial charge in [0, 0.05) is 45.0 Å². The molecule has 3 rings (SSSR count). The van der Waals surface area contributed by atoms with E-state index in [1.807, 2.05) is 31.2 Å². The van der Waals surface area contributed by atoms with Crippen LogP contribution < -0.4 is 5.56 Å². The number of benzene rings is 1. The molecule has 94 valence electrons. The van der Waals surface area contributed by atoms with Gasteiger partial charge in [-0.15, -0.1) is 0 Å². The van der Waals surface area contributed by atoms with E-state index < -0.39 is 0 Å². The summed E-state index contributed by atoms with van der Waals surface area (Å²) in [6, 6.07) is 9.24. The maximum absolute atomic E-state index is 12.0. The van der Waals surface area contributed by atoms with Gasteiger partial charge in [0.2, 0.25) is 0 Å². The third-order valence-corrected chi connectivity index (χ3v) is 3.40. The summed E-state index contributed by atoms with van der Waals surface area (Å²) in [6.45, 7) is 1.81. The van der Waals surface area contributed by atoms with Crippen molar-refractivity contribution in [1.82, 2.24) is 9.97 Å². The summed E-state index contributed by atoms with van der Waals surface area (Å²) >= 11 is 6.06. The Balaban J connectivity index is 2.48. The molecular formula is C15H11ClN2O. The molecule has 3 aromatic rings. The van der Waals surface area contributed by atoms with Gasteiger partial charge in [0.15, 0.2) is 0 Å². The molecule has 0 atom stereocenters. The zero-order chi connectivity index (χ0) is 13.4. The molecule has 0 amide bonds. The highest BCUT2D eigenvalue weighted by Gasteiger charge is 2.11. The van der Waals surface area contributed by atoms with E-state index in [0.29, 0.717) is 10.6 Å². The highest BCUT2D eigenvalue weighted by molar-refractivity contribution is 6.31. The molecule has 0 saturated heterocycles. The molecule has 0 fully saturated rings. The van der Waals surface area contributed by atoms with E-state index in [2.05, 4.69) is 9.97 Å². The first kappa shape index (κ1) is 11.9. The average Bonchev–Trinajstić information content (AvgIpc) is 2.42. The van der Waals surface area contributed by atoms with Crippen LogP contribution in [0.5, 0.6) is 0 Å². The molecule has 1 aromatic carbocycles. The van der Waals surface area contributed by atoms with E-state index in [4.69, 9.17) is 11.6 Å². The van der Waals surface area contributed by atoms with Crippen LogP contribution in [0.25, 0.3) is 22.0 Å². The Morgan fingerprint density at radius 1 is 1.26 bits per heavy atom. The minimum atomic E-state index is -0.0892. The predicted molar refractivity (Wildman–Crippen MR) is 77.5 cm³/mol. The van der Waals surface area contributed by atoms with Gasteiger partial charge in [-0.1, -0.05) is 17.7 Å². The average molecular weight is 271 g/mol. The second kappa shape index (κ2) is 4.52. The Kier molecular flexibility index (Phi) is 2.84. The zero-order valence-electron chi connectivity index (χ0n) is 10.3. The smallest absolute Gasteiger partial charge is 0.251 e. The first-order valence-corrected chi connectivity index (χ1v) is 6.27. The van der Waals surface area contributed by atoms with Gasteiger partial charge in [0.25, 0.3) is 5.56 Å². The molecule has 0 radical (unpaired) electrons. The lowest BCUT2D eigenvalue weighted by atomic mass is 9.98. The predicted octanol–water partition coefficient (Wildman–Crippen LogP) is 3.55. The fourth-order valence-electron chi connectivity index (χ4n) is 2.25. The lowest BCUT2D eigenvalue weighted by molar-refractivity contribution is 1.23.